The Balaban J connectivity index is 1.26. The number of halogens is 1. The van der Waals surface area contributed by atoms with Crippen LogP contribution in [0, 0.1) is 6.92 Å². The number of carbonyl (C=O) groups excluding carboxylic acids is 2. The highest BCUT2D eigenvalue weighted by Gasteiger charge is 2.18. The Hall–Kier alpha value is -3.59. The SMILES string of the molecule is Cc1ccc2c(Cl)c(C(=O)Nc3ccc(C(=O)Nc4nnc(-c5ccccc5)s4)cc3)sc2c1. The minimum absolute atomic E-state index is 0.289. The molecule has 2 heterocycles. The van der Waals surface area contributed by atoms with Crippen molar-refractivity contribution in [1.82, 2.24) is 10.2 Å². The molecular formula is C25H17ClN4O2S2. The number of fused-ring (bicyclic) bond motifs is 1. The number of benzene rings is 3. The summed E-state index contributed by atoms with van der Waals surface area (Å²) in [5.41, 5.74) is 3.05. The predicted octanol–water partition coefficient (Wildman–Crippen LogP) is 6.89. The lowest BCUT2D eigenvalue weighted by molar-refractivity contribution is 0.102. The topological polar surface area (TPSA) is 84.0 Å². The number of aryl methyl sites for hydroxylation is 1. The van der Waals surface area contributed by atoms with E-state index in [4.69, 9.17) is 11.6 Å². The molecule has 0 fully saturated rings. The van der Waals surface area contributed by atoms with Gasteiger partial charge in [-0.15, -0.1) is 21.5 Å². The highest BCUT2D eigenvalue weighted by Crippen LogP contribution is 2.36. The van der Waals surface area contributed by atoms with Crippen molar-refractivity contribution in [2.24, 2.45) is 0 Å². The standard InChI is InChI=1S/C25H17ClN4O2S2/c1-14-7-12-18-19(13-14)33-21(20(18)26)23(32)27-17-10-8-15(9-11-17)22(31)28-25-30-29-24(34-25)16-5-3-2-4-6-16/h2-13H,1H3,(H,27,32)(H,28,30,31). The van der Waals surface area contributed by atoms with Crippen LogP contribution in [0.15, 0.2) is 72.8 Å². The first-order valence-corrected chi connectivity index (χ1v) is 12.3. The third-order valence-electron chi connectivity index (χ3n) is 5.06. The fourth-order valence-corrected chi connectivity index (χ4v) is 5.61. The monoisotopic (exact) mass is 504 g/mol. The van der Waals surface area contributed by atoms with Gasteiger partial charge in [-0.05, 0) is 42.8 Å². The van der Waals surface area contributed by atoms with Crippen LogP contribution in [0.4, 0.5) is 10.8 Å². The minimum atomic E-state index is -0.309. The minimum Gasteiger partial charge on any atom is -0.321 e. The number of carbonyl (C=O) groups is 2. The molecule has 5 aromatic rings. The van der Waals surface area contributed by atoms with E-state index in [1.54, 1.807) is 24.3 Å². The van der Waals surface area contributed by atoms with Gasteiger partial charge in [-0.1, -0.05) is 65.4 Å². The van der Waals surface area contributed by atoms with Crippen molar-refractivity contribution < 1.29 is 9.59 Å². The quantitative estimate of drug-likeness (QED) is 0.273. The van der Waals surface area contributed by atoms with Crippen LogP contribution in [0.3, 0.4) is 0 Å². The molecule has 0 saturated carbocycles. The Morgan fingerprint density at radius 2 is 1.62 bits per heavy atom. The summed E-state index contributed by atoms with van der Waals surface area (Å²) in [5, 5.41) is 16.2. The Kier molecular flexibility index (Phi) is 6.10. The number of hydrogen-bond acceptors (Lipinski definition) is 6. The fourth-order valence-electron chi connectivity index (χ4n) is 3.35. The maximum absolute atomic E-state index is 12.8. The molecule has 0 aliphatic carbocycles. The lowest BCUT2D eigenvalue weighted by Gasteiger charge is -2.06. The average Bonchev–Trinajstić information content (AvgIpc) is 3.44. The molecular weight excluding hydrogens is 488 g/mol. The van der Waals surface area contributed by atoms with E-state index in [0.29, 0.717) is 26.3 Å². The molecule has 0 radical (unpaired) electrons. The van der Waals surface area contributed by atoms with E-state index >= 15 is 0 Å². The van der Waals surface area contributed by atoms with Crippen molar-refractivity contribution in [2.75, 3.05) is 10.6 Å². The second-order valence-electron chi connectivity index (χ2n) is 7.51. The van der Waals surface area contributed by atoms with Crippen molar-refractivity contribution in [2.45, 2.75) is 6.92 Å². The molecule has 168 valence electrons. The maximum atomic E-state index is 12.8. The summed E-state index contributed by atoms with van der Waals surface area (Å²) >= 11 is 9.10. The van der Waals surface area contributed by atoms with E-state index in [1.165, 1.54) is 22.7 Å². The lowest BCUT2D eigenvalue weighted by Crippen LogP contribution is -2.13. The summed E-state index contributed by atoms with van der Waals surface area (Å²) < 4.78 is 0.967. The number of nitrogens with one attached hydrogen (secondary N) is 2. The van der Waals surface area contributed by atoms with Crippen molar-refractivity contribution in [3.8, 4) is 10.6 Å². The van der Waals surface area contributed by atoms with Gasteiger partial charge in [0.1, 0.15) is 9.88 Å². The smallest absolute Gasteiger partial charge is 0.267 e. The number of rotatable bonds is 5. The summed E-state index contributed by atoms with van der Waals surface area (Å²) in [4.78, 5) is 25.9. The van der Waals surface area contributed by atoms with Crippen LogP contribution in [0.1, 0.15) is 25.6 Å². The van der Waals surface area contributed by atoms with Crippen LogP contribution in [-0.2, 0) is 0 Å². The molecule has 0 aliphatic heterocycles. The van der Waals surface area contributed by atoms with Crippen molar-refractivity contribution in [3.63, 3.8) is 0 Å². The van der Waals surface area contributed by atoms with Crippen LogP contribution in [0.25, 0.3) is 20.7 Å². The largest absolute Gasteiger partial charge is 0.321 e. The van der Waals surface area contributed by atoms with Gasteiger partial charge in [0.05, 0.1) is 5.02 Å². The van der Waals surface area contributed by atoms with E-state index in [0.717, 1.165) is 26.2 Å². The normalized spacial score (nSPS) is 10.9. The molecule has 9 heteroatoms. The van der Waals surface area contributed by atoms with E-state index in [2.05, 4.69) is 20.8 Å². The molecule has 0 bridgehead atoms. The molecule has 2 amide bonds. The molecule has 2 aromatic heterocycles. The Bertz CT molecular complexity index is 1510. The third-order valence-corrected chi connectivity index (χ3v) is 7.61. The van der Waals surface area contributed by atoms with E-state index in [-0.39, 0.29) is 11.8 Å². The molecule has 0 aliphatic rings. The van der Waals surface area contributed by atoms with E-state index < -0.39 is 0 Å². The highest BCUT2D eigenvalue weighted by atomic mass is 35.5. The number of amides is 2. The van der Waals surface area contributed by atoms with E-state index in [1.807, 2.05) is 55.5 Å². The van der Waals surface area contributed by atoms with Gasteiger partial charge in [-0.3, -0.25) is 14.9 Å². The zero-order chi connectivity index (χ0) is 23.7. The molecule has 2 N–H and O–H groups in total. The van der Waals surface area contributed by atoms with Crippen LogP contribution in [0.2, 0.25) is 5.02 Å². The summed E-state index contributed by atoms with van der Waals surface area (Å²) in [6.45, 7) is 2.00. The van der Waals surface area contributed by atoms with Crippen molar-refractivity contribution >= 4 is 67.0 Å². The van der Waals surface area contributed by atoms with Gasteiger partial charge < -0.3 is 5.32 Å². The summed E-state index contributed by atoms with van der Waals surface area (Å²) in [6.07, 6.45) is 0. The molecule has 0 unspecified atom stereocenters. The molecule has 0 spiro atoms. The van der Waals surface area contributed by atoms with Crippen LogP contribution in [0.5, 0.6) is 0 Å². The molecule has 0 atom stereocenters. The molecule has 34 heavy (non-hydrogen) atoms. The first-order chi connectivity index (χ1) is 16.5. The van der Waals surface area contributed by atoms with Gasteiger partial charge in [0, 0.05) is 26.9 Å². The molecule has 3 aromatic carbocycles. The van der Waals surface area contributed by atoms with Crippen molar-refractivity contribution in [3.05, 3.63) is 93.8 Å². The van der Waals surface area contributed by atoms with Gasteiger partial charge >= 0.3 is 0 Å². The van der Waals surface area contributed by atoms with E-state index in [9.17, 15) is 9.59 Å². The van der Waals surface area contributed by atoms with Gasteiger partial charge in [-0.25, -0.2) is 0 Å². The summed E-state index contributed by atoms with van der Waals surface area (Å²) in [5.74, 6) is -0.597. The zero-order valence-electron chi connectivity index (χ0n) is 17.8. The van der Waals surface area contributed by atoms with Gasteiger partial charge in [0.15, 0.2) is 0 Å². The molecule has 0 saturated heterocycles. The number of nitrogens with zero attached hydrogens (tertiary/aromatic N) is 2. The number of thiophene rings is 1. The lowest BCUT2D eigenvalue weighted by atomic mass is 10.2. The van der Waals surface area contributed by atoms with Crippen LogP contribution >= 0.6 is 34.3 Å². The molecule has 6 nitrogen and oxygen atoms in total. The first-order valence-electron chi connectivity index (χ1n) is 10.3. The number of aromatic nitrogens is 2. The Morgan fingerprint density at radius 3 is 2.38 bits per heavy atom. The van der Waals surface area contributed by atoms with Crippen LogP contribution in [-0.4, -0.2) is 22.0 Å². The fraction of sp³-hybridized carbons (Fsp3) is 0.0400. The molecule has 5 rings (SSSR count). The van der Waals surface area contributed by atoms with Crippen molar-refractivity contribution in [1.29, 1.82) is 0 Å². The second kappa shape index (κ2) is 9.34. The number of anilines is 2. The predicted molar refractivity (Wildman–Crippen MR) is 139 cm³/mol. The first kappa shape index (κ1) is 22.2. The van der Waals surface area contributed by atoms with Gasteiger partial charge in [0.2, 0.25) is 5.13 Å². The Morgan fingerprint density at radius 1 is 0.853 bits per heavy atom. The van der Waals surface area contributed by atoms with Gasteiger partial charge in [0.25, 0.3) is 11.8 Å². The number of hydrogen-bond donors (Lipinski definition) is 2. The summed E-state index contributed by atoms with van der Waals surface area (Å²) in [6, 6.07) is 22.2. The zero-order valence-corrected chi connectivity index (χ0v) is 20.2. The van der Waals surface area contributed by atoms with Crippen LogP contribution < -0.4 is 10.6 Å². The van der Waals surface area contributed by atoms with Gasteiger partial charge in [-0.2, -0.15) is 0 Å². The Labute approximate surface area is 208 Å². The maximum Gasteiger partial charge on any atom is 0.267 e. The average molecular weight is 505 g/mol. The summed E-state index contributed by atoms with van der Waals surface area (Å²) in [7, 11) is 0. The highest BCUT2D eigenvalue weighted by molar-refractivity contribution is 7.21. The third kappa shape index (κ3) is 4.56. The second-order valence-corrected chi connectivity index (χ2v) is 9.92.